The van der Waals surface area contributed by atoms with E-state index in [-0.39, 0.29) is 5.91 Å². The first-order valence-corrected chi connectivity index (χ1v) is 10.7. The Morgan fingerprint density at radius 3 is 2.62 bits per heavy atom. The van der Waals surface area contributed by atoms with Gasteiger partial charge in [-0.1, -0.05) is 32.0 Å². The Morgan fingerprint density at radius 1 is 1.00 bits per heavy atom. The van der Waals surface area contributed by atoms with Gasteiger partial charge in [-0.3, -0.25) is 9.78 Å². The van der Waals surface area contributed by atoms with E-state index in [9.17, 15) is 4.79 Å². The van der Waals surface area contributed by atoms with Gasteiger partial charge in [-0.25, -0.2) is 0 Å². The van der Waals surface area contributed by atoms with Crippen LogP contribution in [0.1, 0.15) is 41.8 Å². The van der Waals surface area contributed by atoms with Gasteiger partial charge in [-0.05, 0) is 54.3 Å². The summed E-state index contributed by atoms with van der Waals surface area (Å²) in [7, 11) is 1.62. The minimum atomic E-state index is -0.173. The smallest absolute Gasteiger partial charge is 0.251 e. The van der Waals surface area contributed by atoms with Crippen LogP contribution in [0.2, 0.25) is 0 Å². The van der Waals surface area contributed by atoms with Crippen molar-refractivity contribution in [1.29, 1.82) is 0 Å². The van der Waals surface area contributed by atoms with Crippen molar-refractivity contribution in [2.45, 2.75) is 33.4 Å². The van der Waals surface area contributed by atoms with E-state index in [1.165, 1.54) is 0 Å². The van der Waals surface area contributed by atoms with Crippen LogP contribution < -0.4 is 19.5 Å². The van der Waals surface area contributed by atoms with Crippen LogP contribution in [0.25, 0.3) is 0 Å². The Kier molecular flexibility index (Phi) is 8.49. The topological polar surface area (TPSA) is 69.7 Å². The fourth-order valence-electron chi connectivity index (χ4n) is 3.01. The molecule has 0 fully saturated rings. The summed E-state index contributed by atoms with van der Waals surface area (Å²) in [6.45, 7) is 5.74. The highest BCUT2D eigenvalue weighted by Gasteiger charge is 2.10. The van der Waals surface area contributed by atoms with Crippen LogP contribution in [-0.4, -0.2) is 24.6 Å². The van der Waals surface area contributed by atoms with Gasteiger partial charge in [0.1, 0.15) is 12.4 Å². The molecular weight excluding hydrogens is 404 g/mol. The lowest BCUT2D eigenvalue weighted by atomic mass is 10.1. The monoisotopic (exact) mass is 434 g/mol. The number of carbonyl (C=O) groups is 1. The number of pyridine rings is 1. The van der Waals surface area contributed by atoms with Gasteiger partial charge in [0.25, 0.3) is 5.91 Å². The second-order valence-corrected chi connectivity index (χ2v) is 7.88. The third-order valence-electron chi connectivity index (χ3n) is 4.86. The van der Waals surface area contributed by atoms with E-state index in [1.807, 2.05) is 36.4 Å². The van der Waals surface area contributed by atoms with Crippen LogP contribution in [-0.2, 0) is 13.2 Å². The Hall–Kier alpha value is -3.54. The standard InChI is InChI=1S/C26H30N2O4/c1-19(2)11-13-31-24-10-9-20(14-25(24)30-3)17-28-26(29)22-7-4-8-23(15-22)32-18-21-6-5-12-27-16-21/h4-10,12,14-16,19H,11,13,17-18H2,1-3H3,(H,28,29). The Morgan fingerprint density at radius 2 is 1.88 bits per heavy atom. The SMILES string of the molecule is COc1cc(CNC(=O)c2cccc(OCc3cccnc3)c2)ccc1OCCC(C)C. The lowest BCUT2D eigenvalue weighted by Gasteiger charge is -2.13. The van der Waals surface area contributed by atoms with E-state index < -0.39 is 0 Å². The second-order valence-electron chi connectivity index (χ2n) is 7.88. The molecule has 0 spiro atoms. The van der Waals surface area contributed by atoms with Crippen LogP contribution in [0.5, 0.6) is 17.2 Å². The third-order valence-corrected chi connectivity index (χ3v) is 4.86. The molecule has 0 aliphatic heterocycles. The number of carbonyl (C=O) groups excluding carboxylic acids is 1. The summed E-state index contributed by atoms with van der Waals surface area (Å²) >= 11 is 0. The van der Waals surface area contributed by atoms with Gasteiger partial charge >= 0.3 is 0 Å². The van der Waals surface area contributed by atoms with Crippen molar-refractivity contribution in [2.75, 3.05) is 13.7 Å². The van der Waals surface area contributed by atoms with Crippen molar-refractivity contribution in [2.24, 2.45) is 5.92 Å². The van der Waals surface area contributed by atoms with E-state index in [2.05, 4.69) is 24.1 Å². The Balaban J connectivity index is 1.55. The number of aromatic nitrogens is 1. The summed E-state index contributed by atoms with van der Waals surface area (Å²) in [6.07, 6.45) is 4.45. The largest absolute Gasteiger partial charge is 0.493 e. The van der Waals surface area contributed by atoms with Gasteiger partial charge < -0.3 is 19.5 Å². The van der Waals surface area contributed by atoms with E-state index in [0.29, 0.717) is 48.5 Å². The molecular formula is C26H30N2O4. The maximum atomic E-state index is 12.6. The molecule has 0 aliphatic rings. The summed E-state index contributed by atoms with van der Waals surface area (Å²) in [6, 6.07) is 16.6. The van der Waals surface area contributed by atoms with Crippen molar-refractivity contribution in [3.8, 4) is 17.2 Å². The first-order valence-electron chi connectivity index (χ1n) is 10.7. The highest BCUT2D eigenvalue weighted by molar-refractivity contribution is 5.94. The molecule has 0 saturated carbocycles. The predicted molar refractivity (Wildman–Crippen MR) is 124 cm³/mol. The molecule has 6 heteroatoms. The number of rotatable bonds is 11. The molecule has 3 aromatic rings. The summed E-state index contributed by atoms with van der Waals surface area (Å²) in [5.74, 6) is 2.40. The molecule has 168 valence electrons. The number of ether oxygens (including phenoxy) is 3. The highest BCUT2D eigenvalue weighted by Crippen LogP contribution is 2.28. The molecule has 1 heterocycles. The summed E-state index contributed by atoms with van der Waals surface area (Å²) in [4.78, 5) is 16.7. The average Bonchev–Trinajstić information content (AvgIpc) is 2.82. The van der Waals surface area contributed by atoms with Gasteiger partial charge in [0.2, 0.25) is 0 Å². The molecule has 32 heavy (non-hydrogen) atoms. The quantitative estimate of drug-likeness (QED) is 0.459. The zero-order chi connectivity index (χ0) is 22.8. The first kappa shape index (κ1) is 23.1. The second kappa shape index (κ2) is 11.7. The number of methoxy groups -OCH3 is 1. The van der Waals surface area contributed by atoms with E-state index in [4.69, 9.17) is 14.2 Å². The molecule has 0 radical (unpaired) electrons. The maximum Gasteiger partial charge on any atom is 0.251 e. The fraction of sp³-hybridized carbons (Fsp3) is 0.308. The highest BCUT2D eigenvalue weighted by atomic mass is 16.5. The summed E-state index contributed by atoms with van der Waals surface area (Å²) < 4.78 is 17.1. The molecule has 0 atom stereocenters. The number of hydrogen-bond donors (Lipinski definition) is 1. The van der Waals surface area contributed by atoms with Gasteiger partial charge in [0.15, 0.2) is 11.5 Å². The molecule has 0 saturated heterocycles. The lowest BCUT2D eigenvalue weighted by Crippen LogP contribution is -2.22. The maximum absolute atomic E-state index is 12.6. The van der Waals surface area contributed by atoms with Crippen molar-refractivity contribution in [3.05, 3.63) is 83.7 Å². The normalized spacial score (nSPS) is 10.6. The Labute approximate surface area is 189 Å². The number of nitrogens with zero attached hydrogens (tertiary/aromatic N) is 1. The lowest BCUT2D eigenvalue weighted by molar-refractivity contribution is 0.0950. The molecule has 6 nitrogen and oxygen atoms in total. The minimum absolute atomic E-state index is 0.173. The van der Waals surface area contributed by atoms with E-state index in [1.54, 1.807) is 37.7 Å². The number of amides is 1. The molecule has 3 rings (SSSR count). The molecule has 0 bridgehead atoms. The molecule has 2 aromatic carbocycles. The number of benzene rings is 2. The Bertz CT molecular complexity index is 1010. The minimum Gasteiger partial charge on any atom is -0.493 e. The van der Waals surface area contributed by atoms with Crippen LogP contribution in [0.15, 0.2) is 67.0 Å². The summed E-state index contributed by atoms with van der Waals surface area (Å²) in [5, 5.41) is 2.94. The first-order chi connectivity index (χ1) is 15.5. The van der Waals surface area contributed by atoms with Crippen molar-refractivity contribution < 1.29 is 19.0 Å². The van der Waals surface area contributed by atoms with Gasteiger partial charge in [0.05, 0.1) is 13.7 Å². The van der Waals surface area contributed by atoms with E-state index in [0.717, 1.165) is 17.5 Å². The third kappa shape index (κ3) is 7.01. The predicted octanol–water partition coefficient (Wildman–Crippen LogP) is 5.02. The zero-order valence-corrected chi connectivity index (χ0v) is 18.8. The van der Waals surface area contributed by atoms with Gasteiger partial charge in [-0.15, -0.1) is 0 Å². The zero-order valence-electron chi connectivity index (χ0n) is 18.8. The van der Waals surface area contributed by atoms with Crippen molar-refractivity contribution in [3.63, 3.8) is 0 Å². The molecule has 1 amide bonds. The van der Waals surface area contributed by atoms with Crippen molar-refractivity contribution in [1.82, 2.24) is 10.3 Å². The molecule has 1 aromatic heterocycles. The van der Waals surface area contributed by atoms with Crippen LogP contribution in [0.4, 0.5) is 0 Å². The molecule has 0 unspecified atom stereocenters. The van der Waals surface area contributed by atoms with E-state index >= 15 is 0 Å². The van der Waals surface area contributed by atoms with Crippen LogP contribution >= 0.6 is 0 Å². The fourth-order valence-corrected chi connectivity index (χ4v) is 3.01. The number of nitrogens with one attached hydrogen (secondary N) is 1. The van der Waals surface area contributed by atoms with Crippen LogP contribution in [0.3, 0.4) is 0 Å². The van der Waals surface area contributed by atoms with Gasteiger partial charge in [-0.2, -0.15) is 0 Å². The van der Waals surface area contributed by atoms with Crippen LogP contribution in [0, 0.1) is 5.92 Å². The van der Waals surface area contributed by atoms with Gasteiger partial charge in [0, 0.05) is 30.1 Å². The molecule has 0 aliphatic carbocycles. The number of hydrogen-bond acceptors (Lipinski definition) is 5. The average molecular weight is 435 g/mol. The molecule has 1 N–H and O–H groups in total. The van der Waals surface area contributed by atoms with Crippen molar-refractivity contribution >= 4 is 5.91 Å². The summed E-state index contributed by atoms with van der Waals surface area (Å²) in [5.41, 5.74) is 2.43.